The summed E-state index contributed by atoms with van der Waals surface area (Å²) in [6, 6.07) is 5.09. The second-order valence-corrected chi connectivity index (χ2v) is 3.49. The molecule has 1 aromatic carbocycles. The summed E-state index contributed by atoms with van der Waals surface area (Å²) in [6.07, 6.45) is 1.24. The molecule has 1 aromatic heterocycles. The standard InChI is InChI=1S/C12H12N2O4/c1-16-10-5-7(3-4-8(10)13)11-14-9(6-18-11)12(15)17-2/h3-6H,13H2,1-2H3. The predicted octanol–water partition coefficient (Wildman–Crippen LogP) is 1.72. The molecule has 0 saturated heterocycles. The van der Waals surface area contributed by atoms with Crippen LogP contribution in [0.25, 0.3) is 11.5 Å². The van der Waals surface area contributed by atoms with Crippen molar-refractivity contribution in [2.75, 3.05) is 20.0 Å². The van der Waals surface area contributed by atoms with Crippen LogP contribution in [0.2, 0.25) is 0 Å². The van der Waals surface area contributed by atoms with Gasteiger partial charge in [0.25, 0.3) is 0 Å². The maximum atomic E-state index is 11.2. The van der Waals surface area contributed by atoms with E-state index >= 15 is 0 Å². The maximum absolute atomic E-state index is 11.2. The molecule has 6 heteroatoms. The average Bonchev–Trinajstić information content (AvgIpc) is 2.88. The van der Waals surface area contributed by atoms with Crippen molar-refractivity contribution in [3.63, 3.8) is 0 Å². The van der Waals surface area contributed by atoms with Crippen LogP contribution < -0.4 is 10.5 Å². The van der Waals surface area contributed by atoms with Gasteiger partial charge in [0.2, 0.25) is 5.89 Å². The zero-order chi connectivity index (χ0) is 13.1. The van der Waals surface area contributed by atoms with Crippen molar-refractivity contribution in [3.05, 3.63) is 30.2 Å². The number of ether oxygens (including phenoxy) is 2. The van der Waals surface area contributed by atoms with Crippen molar-refractivity contribution in [2.24, 2.45) is 0 Å². The molecule has 94 valence electrons. The average molecular weight is 248 g/mol. The molecule has 1 heterocycles. The summed E-state index contributed by atoms with van der Waals surface area (Å²) in [5, 5.41) is 0. The van der Waals surface area contributed by atoms with E-state index in [9.17, 15) is 4.79 Å². The SMILES string of the molecule is COC(=O)c1coc(-c2ccc(N)c(OC)c2)n1. The molecular weight excluding hydrogens is 236 g/mol. The Kier molecular flexibility index (Phi) is 3.18. The van der Waals surface area contributed by atoms with Gasteiger partial charge in [0.1, 0.15) is 12.0 Å². The van der Waals surface area contributed by atoms with E-state index in [0.29, 0.717) is 22.9 Å². The van der Waals surface area contributed by atoms with Crippen LogP contribution >= 0.6 is 0 Å². The highest BCUT2D eigenvalue weighted by molar-refractivity contribution is 5.87. The van der Waals surface area contributed by atoms with Gasteiger partial charge in [0.15, 0.2) is 5.69 Å². The molecular formula is C12H12N2O4. The largest absolute Gasteiger partial charge is 0.495 e. The number of esters is 1. The minimum atomic E-state index is -0.549. The number of nitrogens with two attached hydrogens (primary N) is 1. The van der Waals surface area contributed by atoms with Gasteiger partial charge in [-0.05, 0) is 18.2 Å². The zero-order valence-corrected chi connectivity index (χ0v) is 9.97. The molecule has 0 aliphatic carbocycles. The quantitative estimate of drug-likeness (QED) is 0.657. The van der Waals surface area contributed by atoms with E-state index < -0.39 is 5.97 Å². The number of anilines is 1. The number of methoxy groups -OCH3 is 2. The summed E-state index contributed by atoms with van der Waals surface area (Å²) in [5.41, 5.74) is 6.99. The van der Waals surface area contributed by atoms with Crippen LogP contribution in [-0.2, 0) is 4.74 Å². The lowest BCUT2D eigenvalue weighted by atomic mass is 10.2. The van der Waals surface area contributed by atoms with Gasteiger partial charge in [0.05, 0.1) is 19.9 Å². The van der Waals surface area contributed by atoms with Gasteiger partial charge >= 0.3 is 5.97 Å². The fraction of sp³-hybridized carbons (Fsp3) is 0.167. The van der Waals surface area contributed by atoms with Gasteiger partial charge in [-0.3, -0.25) is 0 Å². The van der Waals surface area contributed by atoms with Gasteiger partial charge in [-0.15, -0.1) is 0 Å². The summed E-state index contributed by atoms with van der Waals surface area (Å²) >= 11 is 0. The van der Waals surface area contributed by atoms with E-state index in [0.717, 1.165) is 0 Å². The Balaban J connectivity index is 2.37. The van der Waals surface area contributed by atoms with Crippen LogP contribution in [0.4, 0.5) is 5.69 Å². The molecule has 0 aliphatic rings. The van der Waals surface area contributed by atoms with Crippen LogP contribution in [-0.4, -0.2) is 25.2 Å². The smallest absolute Gasteiger partial charge is 0.360 e. The molecule has 0 radical (unpaired) electrons. The van der Waals surface area contributed by atoms with Gasteiger partial charge < -0.3 is 19.6 Å². The molecule has 0 atom stereocenters. The lowest BCUT2D eigenvalue weighted by molar-refractivity contribution is 0.0594. The topological polar surface area (TPSA) is 87.6 Å². The van der Waals surface area contributed by atoms with E-state index in [-0.39, 0.29) is 5.69 Å². The summed E-state index contributed by atoms with van der Waals surface area (Å²) < 4.78 is 14.8. The second kappa shape index (κ2) is 4.79. The Hall–Kier alpha value is -2.50. The van der Waals surface area contributed by atoms with Crippen molar-refractivity contribution in [1.29, 1.82) is 0 Å². The number of benzene rings is 1. The molecule has 2 aromatic rings. The second-order valence-electron chi connectivity index (χ2n) is 3.49. The Bertz CT molecular complexity index is 577. The molecule has 0 spiro atoms. The lowest BCUT2D eigenvalue weighted by Crippen LogP contribution is -2.01. The summed E-state index contributed by atoms with van der Waals surface area (Å²) in [4.78, 5) is 15.3. The third-order valence-corrected chi connectivity index (χ3v) is 2.38. The van der Waals surface area contributed by atoms with E-state index in [1.807, 2.05) is 0 Å². The Morgan fingerprint density at radius 2 is 2.17 bits per heavy atom. The molecule has 0 bridgehead atoms. The number of rotatable bonds is 3. The maximum Gasteiger partial charge on any atom is 0.360 e. The fourth-order valence-corrected chi connectivity index (χ4v) is 1.45. The first-order chi connectivity index (χ1) is 8.65. The van der Waals surface area contributed by atoms with Crippen LogP contribution in [0.5, 0.6) is 5.75 Å². The van der Waals surface area contributed by atoms with E-state index in [2.05, 4.69) is 9.72 Å². The Morgan fingerprint density at radius 1 is 1.39 bits per heavy atom. The molecule has 0 aliphatic heterocycles. The van der Waals surface area contributed by atoms with Gasteiger partial charge in [-0.2, -0.15) is 0 Å². The summed E-state index contributed by atoms with van der Waals surface area (Å²) in [5.74, 6) is 0.270. The highest BCUT2D eigenvalue weighted by Crippen LogP contribution is 2.28. The first-order valence-electron chi connectivity index (χ1n) is 5.13. The van der Waals surface area contributed by atoms with Crippen LogP contribution in [0.1, 0.15) is 10.5 Å². The van der Waals surface area contributed by atoms with Crippen molar-refractivity contribution in [3.8, 4) is 17.2 Å². The van der Waals surface area contributed by atoms with E-state index in [1.165, 1.54) is 20.5 Å². The number of carbonyl (C=O) groups excluding carboxylic acids is 1. The fourth-order valence-electron chi connectivity index (χ4n) is 1.45. The Labute approximate surface area is 103 Å². The van der Waals surface area contributed by atoms with Crippen LogP contribution in [0.3, 0.4) is 0 Å². The molecule has 2 N–H and O–H groups in total. The van der Waals surface area contributed by atoms with Crippen LogP contribution in [0, 0.1) is 0 Å². The number of nitrogen functional groups attached to an aromatic ring is 1. The van der Waals surface area contributed by atoms with Gasteiger partial charge in [-0.1, -0.05) is 0 Å². The van der Waals surface area contributed by atoms with Crippen molar-refractivity contribution in [2.45, 2.75) is 0 Å². The molecule has 0 amide bonds. The molecule has 18 heavy (non-hydrogen) atoms. The third kappa shape index (κ3) is 2.13. The van der Waals surface area contributed by atoms with Crippen molar-refractivity contribution < 1.29 is 18.7 Å². The van der Waals surface area contributed by atoms with Gasteiger partial charge in [-0.25, -0.2) is 9.78 Å². The number of hydrogen-bond donors (Lipinski definition) is 1. The van der Waals surface area contributed by atoms with Crippen molar-refractivity contribution >= 4 is 11.7 Å². The molecule has 6 nitrogen and oxygen atoms in total. The third-order valence-electron chi connectivity index (χ3n) is 2.38. The van der Waals surface area contributed by atoms with E-state index in [1.54, 1.807) is 18.2 Å². The normalized spacial score (nSPS) is 10.1. The highest BCUT2D eigenvalue weighted by atomic mass is 16.5. The van der Waals surface area contributed by atoms with Crippen LogP contribution in [0.15, 0.2) is 28.9 Å². The number of aromatic nitrogens is 1. The lowest BCUT2D eigenvalue weighted by Gasteiger charge is -2.04. The molecule has 0 saturated carbocycles. The summed E-state index contributed by atoms with van der Waals surface area (Å²) in [7, 11) is 2.80. The number of nitrogens with zero attached hydrogens (tertiary/aromatic N) is 1. The van der Waals surface area contributed by atoms with Gasteiger partial charge in [0, 0.05) is 5.56 Å². The minimum absolute atomic E-state index is 0.114. The Morgan fingerprint density at radius 3 is 2.83 bits per heavy atom. The predicted molar refractivity (Wildman–Crippen MR) is 64.2 cm³/mol. The number of carbonyl (C=O) groups is 1. The van der Waals surface area contributed by atoms with Crippen molar-refractivity contribution in [1.82, 2.24) is 4.98 Å². The number of hydrogen-bond acceptors (Lipinski definition) is 6. The number of oxazole rings is 1. The first kappa shape index (κ1) is 12.0. The molecule has 0 fully saturated rings. The molecule has 0 unspecified atom stereocenters. The molecule has 2 rings (SSSR count). The monoisotopic (exact) mass is 248 g/mol. The van der Waals surface area contributed by atoms with E-state index in [4.69, 9.17) is 14.9 Å². The minimum Gasteiger partial charge on any atom is -0.495 e. The first-order valence-corrected chi connectivity index (χ1v) is 5.13. The zero-order valence-electron chi connectivity index (χ0n) is 9.97. The summed E-state index contributed by atoms with van der Waals surface area (Å²) in [6.45, 7) is 0. The highest BCUT2D eigenvalue weighted by Gasteiger charge is 2.14.